The SMILES string of the molecule is COc1ccc2c(c1OCc1cccs1)C[C@@H](C(=O)O)N(C(=O)[C@@H](OC1CCCC1)C1=CC=CCC#C1)C2. The lowest BCUT2D eigenvalue weighted by Crippen LogP contribution is -2.53. The molecule has 2 aliphatic carbocycles. The number of thiophene rings is 1. The molecule has 198 valence electrons. The Morgan fingerprint density at radius 2 is 2.08 bits per heavy atom. The van der Waals surface area contributed by atoms with Crippen LogP contribution in [0.5, 0.6) is 11.5 Å². The smallest absolute Gasteiger partial charge is 0.326 e. The van der Waals surface area contributed by atoms with Crippen LogP contribution in [-0.4, -0.2) is 47.2 Å². The molecule has 2 heterocycles. The van der Waals surface area contributed by atoms with Crippen molar-refractivity contribution in [2.75, 3.05) is 7.11 Å². The molecule has 7 nitrogen and oxygen atoms in total. The van der Waals surface area contributed by atoms with E-state index in [0.29, 0.717) is 30.1 Å². The zero-order chi connectivity index (χ0) is 26.5. The molecule has 8 heteroatoms. The first-order valence-corrected chi connectivity index (χ1v) is 13.8. The molecule has 0 radical (unpaired) electrons. The number of methoxy groups -OCH3 is 1. The van der Waals surface area contributed by atoms with Crippen LogP contribution in [0, 0.1) is 11.8 Å². The Labute approximate surface area is 226 Å². The molecule has 0 unspecified atom stereocenters. The number of nitrogens with zero attached hydrogens (tertiary/aromatic N) is 1. The molecule has 2 atom stereocenters. The van der Waals surface area contributed by atoms with Gasteiger partial charge in [0.1, 0.15) is 12.6 Å². The van der Waals surface area contributed by atoms with Crippen LogP contribution >= 0.6 is 11.3 Å². The average molecular weight is 534 g/mol. The number of carbonyl (C=O) groups excluding carboxylic acids is 1. The number of carbonyl (C=O) groups is 2. The summed E-state index contributed by atoms with van der Waals surface area (Å²) < 4.78 is 18.1. The van der Waals surface area contributed by atoms with Gasteiger partial charge in [-0.3, -0.25) is 4.79 Å². The van der Waals surface area contributed by atoms with E-state index in [4.69, 9.17) is 14.2 Å². The van der Waals surface area contributed by atoms with Crippen molar-refractivity contribution >= 4 is 23.2 Å². The zero-order valence-electron chi connectivity index (χ0n) is 21.4. The Hall–Kier alpha value is -3.54. The molecule has 1 fully saturated rings. The summed E-state index contributed by atoms with van der Waals surface area (Å²) in [5.74, 6) is 5.76. The number of hydrogen-bond donors (Lipinski definition) is 1. The van der Waals surface area contributed by atoms with E-state index >= 15 is 0 Å². The summed E-state index contributed by atoms with van der Waals surface area (Å²) >= 11 is 1.59. The van der Waals surface area contributed by atoms with E-state index in [1.807, 2.05) is 47.9 Å². The lowest BCUT2D eigenvalue weighted by molar-refractivity contribution is -0.157. The van der Waals surface area contributed by atoms with Crippen LogP contribution in [0.2, 0.25) is 0 Å². The summed E-state index contributed by atoms with van der Waals surface area (Å²) in [4.78, 5) is 29.1. The van der Waals surface area contributed by atoms with E-state index in [1.54, 1.807) is 18.4 Å². The minimum atomic E-state index is -1.07. The molecule has 1 aromatic heterocycles. The molecule has 0 saturated heterocycles. The Morgan fingerprint density at radius 1 is 1.24 bits per heavy atom. The van der Waals surface area contributed by atoms with Gasteiger partial charge in [0, 0.05) is 35.4 Å². The second-order valence-corrected chi connectivity index (χ2v) is 10.6. The van der Waals surface area contributed by atoms with Gasteiger partial charge < -0.3 is 24.2 Å². The molecule has 5 rings (SSSR count). The highest BCUT2D eigenvalue weighted by Gasteiger charge is 2.41. The highest BCUT2D eigenvalue weighted by molar-refractivity contribution is 7.09. The predicted octanol–water partition coefficient (Wildman–Crippen LogP) is 4.89. The van der Waals surface area contributed by atoms with Crippen molar-refractivity contribution < 1.29 is 28.9 Å². The fourth-order valence-electron chi connectivity index (χ4n) is 5.20. The van der Waals surface area contributed by atoms with E-state index < -0.39 is 18.1 Å². The van der Waals surface area contributed by atoms with Crippen LogP contribution in [0.1, 0.15) is 48.1 Å². The summed E-state index contributed by atoms with van der Waals surface area (Å²) in [7, 11) is 1.56. The van der Waals surface area contributed by atoms with Crippen LogP contribution in [0.25, 0.3) is 0 Å². The zero-order valence-corrected chi connectivity index (χ0v) is 22.2. The molecule has 1 amide bonds. The fourth-order valence-corrected chi connectivity index (χ4v) is 5.82. The molecule has 38 heavy (non-hydrogen) atoms. The van der Waals surface area contributed by atoms with Crippen molar-refractivity contribution in [3.05, 3.63) is 69.5 Å². The maximum Gasteiger partial charge on any atom is 0.326 e. The van der Waals surface area contributed by atoms with Gasteiger partial charge in [0.15, 0.2) is 17.6 Å². The van der Waals surface area contributed by atoms with Crippen LogP contribution in [0.4, 0.5) is 0 Å². The van der Waals surface area contributed by atoms with Gasteiger partial charge in [0.05, 0.1) is 13.2 Å². The third-order valence-electron chi connectivity index (χ3n) is 7.16. The minimum absolute atomic E-state index is 0.0410. The third-order valence-corrected chi connectivity index (χ3v) is 8.01. The predicted molar refractivity (Wildman–Crippen MR) is 144 cm³/mol. The Bertz CT molecular complexity index is 1300. The van der Waals surface area contributed by atoms with Crippen LogP contribution in [0.15, 0.2) is 53.4 Å². The number of hydrogen-bond acceptors (Lipinski definition) is 6. The second kappa shape index (κ2) is 11.9. The first kappa shape index (κ1) is 26.1. The molecule has 1 saturated carbocycles. The molecule has 0 bridgehead atoms. The summed E-state index contributed by atoms with van der Waals surface area (Å²) in [5, 5.41) is 12.2. The standard InChI is InChI=1S/C30H31NO6S/c1-35-26-15-14-21-18-31(25(30(33)34)17-24(21)28(26)36-19-23-13-8-16-38-23)29(32)27(37-22-11-6-7-12-22)20-9-4-2-3-5-10-20/h2,4,8-9,13-16,22,25,27H,3,6-7,11-12,17-19H2,1H3,(H,33,34)/t25-,27-/m0/s1. The molecule has 0 spiro atoms. The number of carboxylic acid groups (broad SMARTS) is 1. The Balaban J connectivity index is 1.47. The number of benzene rings is 1. The van der Waals surface area contributed by atoms with Gasteiger partial charge in [0.25, 0.3) is 5.91 Å². The Kier molecular flexibility index (Phi) is 8.16. The summed E-state index contributed by atoms with van der Waals surface area (Å²) in [6.45, 7) is 0.480. The first-order chi connectivity index (χ1) is 18.5. The molecular weight excluding hydrogens is 502 g/mol. The van der Waals surface area contributed by atoms with Crippen molar-refractivity contribution in [2.45, 2.75) is 69.9 Å². The van der Waals surface area contributed by atoms with Crippen molar-refractivity contribution in [3.8, 4) is 23.3 Å². The van der Waals surface area contributed by atoms with E-state index in [9.17, 15) is 14.7 Å². The lowest BCUT2D eigenvalue weighted by Gasteiger charge is -2.37. The van der Waals surface area contributed by atoms with Gasteiger partial charge in [-0.05, 0) is 42.0 Å². The number of fused-ring (bicyclic) bond motifs is 1. The minimum Gasteiger partial charge on any atom is -0.493 e. The van der Waals surface area contributed by atoms with E-state index in [-0.39, 0.29) is 25.0 Å². The average Bonchev–Trinajstić information content (AvgIpc) is 3.58. The van der Waals surface area contributed by atoms with Gasteiger partial charge >= 0.3 is 5.97 Å². The second-order valence-electron chi connectivity index (χ2n) is 9.61. The number of ether oxygens (including phenoxy) is 3. The van der Waals surface area contributed by atoms with E-state index in [1.165, 1.54) is 4.90 Å². The maximum absolute atomic E-state index is 14.1. The van der Waals surface area contributed by atoms with Crippen molar-refractivity contribution in [2.24, 2.45) is 0 Å². The number of rotatable bonds is 9. The fraction of sp³-hybridized carbons (Fsp3) is 0.400. The number of amides is 1. The number of allylic oxidation sites excluding steroid dienone is 3. The molecule has 1 aliphatic heterocycles. The van der Waals surface area contributed by atoms with Gasteiger partial charge in [-0.25, -0.2) is 4.79 Å². The summed E-state index contributed by atoms with van der Waals surface area (Å²) in [5.41, 5.74) is 2.15. The molecule has 1 aromatic carbocycles. The summed E-state index contributed by atoms with van der Waals surface area (Å²) in [6, 6.07) is 6.56. The van der Waals surface area contributed by atoms with Gasteiger partial charge in [0.2, 0.25) is 0 Å². The molecular formula is C30H31NO6S. The molecule has 2 aromatic rings. The lowest BCUT2D eigenvalue weighted by atomic mass is 9.91. The monoisotopic (exact) mass is 533 g/mol. The van der Waals surface area contributed by atoms with Crippen molar-refractivity contribution in [1.82, 2.24) is 4.90 Å². The van der Waals surface area contributed by atoms with Crippen LogP contribution < -0.4 is 9.47 Å². The van der Waals surface area contributed by atoms with Crippen LogP contribution in [0.3, 0.4) is 0 Å². The van der Waals surface area contributed by atoms with Crippen molar-refractivity contribution in [1.29, 1.82) is 0 Å². The highest BCUT2D eigenvalue weighted by Crippen LogP contribution is 2.39. The van der Waals surface area contributed by atoms with E-state index in [2.05, 4.69) is 11.8 Å². The van der Waals surface area contributed by atoms with Crippen molar-refractivity contribution in [3.63, 3.8) is 0 Å². The third kappa shape index (κ3) is 5.64. The first-order valence-electron chi connectivity index (χ1n) is 12.9. The van der Waals surface area contributed by atoms with E-state index in [0.717, 1.165) is 41.7 Å². The van der Waals surface area contributed by atoms with Gasteiger partial charge in [-0.1, -0.05) is 49.0 Å². The topological polar surface area (TPSA) is 85.3 Å². The Morgan fingerprint density at radius 3 is 2.82 bits per heavy atom. The number of aliphatic carboxylic acids is 1. The van der Waals surface area contributed by atoms with Crippen LogP contribution in [-0.2, 0) is 33.9 Å². The van der Waals surface area contributed by atoms with Gasteiger partial charge in [-0.15, -0.1) is 11.3 Å². The normalized spacial score (nSPS) is 19.6. The number of carboxylic acids is 1. The summed E-state index contributed by atoms with van der Waals surface area (Å²) in [6.07, 6.45) is 9.21. The highest BCUT2D eigenvalue weighted by atomic mass is 32.1. The molecule has 3 aliphatic rings. The molecule has 1 N–H and O–H groups in total. The maximum atomic E-state index is 14.1. The largest absolute Gasteiger partial charge is 0.493 e. The van der Waals surface area contributed by atoms with Gasteiger partial charge in [-0.2, -0.15) is 0 Å². The quantitative estimate of drug-likeness (QED) is 0.462.